The Kier molecular flexibility index (Phi) is 5.46. The van der Waals surface area contributed by atoms with Gasteiger partial charge in [-0.05, 0) is 48.7 Å². The Morgan fingerprint density at radius 3 is 2.62 bits per heavy atom. The van der Waals surface area contributed by atoms with Gasteiger partial charge in [0.1, 0.15) is 11.5 Å². The van der Waals surface area contributed by atoms with Crippen molar-refractivity contribution in [3.63, 3.8) is 0 Å². The van der Waals surface area contributed by atoms with Crippen LogP contribution in [-0.2, 0) is 13.0 Å². The molecule has 7 heteroatoms. The van der Waals surface area contributed by atoms with E-state index in [1.54, 1.807) is 37.2 Å². The highest BCUT2D eigenvalue weighted by molar-refractivity contribution is 5.59. The number of benzene rings is 1. The number of hydrogen-bond donors (Lipinski definition) is 0. The van der Waals surface area contributed by atoms with Gasteiger partial charge in [-0.25, -0.2) is 4.98 Å². The second-order valence-electron chi connectivity index (χ2n) is 6.94. The SMILES string of the molecule is COc1ccc(OC)c(CCN2CCCn3c2nc(-c2ccncc2)cc3=O)c1. The van der Waals surface area contributed by atoms with E-state index in [4.69, 9.17) is 14.5 Å². The molecule has 0 saturated carbocycles. The zero-order valence-electron chi connectivity index (χ0n) is 16.7. The van der Waals surface area contributed by atoms with Crippen molar-refractivity contribution in [3.05, 3.63) is 64.7 Å². The van der Waals surface area contributed by atoms with E-state index in [1.807, 2.05) is 30.3 Å². The van der Waals surface area contributed by atoms with Gasteiger partial charge in [0.2, 0.25) is 5.95 Å². The van der Waals surface area contributed by atoms with E-state index in [9.17, 15) is 4.79 Å². The highest BCUT2D eigenvalue weighted by Gasteiger charge is 2.21. The van der Waals surface area contributed by atoms with Crippen LogP contribution in [0.25, 0.3) is 11.3 Å². The van der Waals surface area contributed by atoms with Crippen LogP contribution in [0.5, 0.6) is 11.5 Å². The minimum Gasteiger partial charge on any atom is -0.497 e. The molecule has 1 aromatic carbocycles. The van der Waals surface area contributed by atoms with Gasteiger partial charge in [-0.15, -0.1) is 0 Å². The van der Waals surface area contributed by atoms with Gasteiger partial charge in [-0.3, -0.25) is 14.3 Å². The van der Waals surface area contributed by atoms with Crippen molar-refractivity contribution < 1.29 is 9.47 Å². The van der Waals surface area contributed by atoms with E-state index in [0.717, 1.165) is 54.5 Å². The summed E-state index contributed by atoms with van der Waals surface area (Å²) in [6, 6.07) is 11.1. The Hall–Kier alpha value is -3.35. The van der Waals surface area contributed by atoms with Crippen molar-refractivity contribution in [2.45, 2.75) is 19.4 Å². The van der Waals surface area contributed by atoms with E-state index < -0.39 is 0 Å². The lowest BCUT2D eigenvalue weighted by Gasteiger charge is -2.31. The van der Waals surface area contributed by atoms with Crippen molar-refractivity contribution >= 4 is 5.95 Å². The Morgan fingerprint density at radius 1 is 1.03 bits per heavy atom. The first-order chi connectivity index (χ1) is 14.2. The highest BCUT2D eigenvalue weighted by Crippen LogP contribution is 2.26. The number of pyridine rings is 1. The topological polar surface area (TPSA) is 69.5 Å². The fraction of sp³-hybridized carbons (Fsp3) is 0.318. The molecule has 1 aliphatic rings. The molecule has 29 heavy (non-hydrogen) atoms. The smallest absolute Gasteiger partial charge is 0.255 e. The lowest BCUT2D eigenvalue weighted by Crippen LogP contribution is -2.39. The van der Waals surface area contributed by atoms with Crippen molar-refractivity contribution in [1.82, 2.24) is 14.5 Å². The Balaban J connectivity index is 1.63. The van der Waals surface area contributed by atoms with Gasteiger partial charge < -0.3 is 14.4 Å². The number of ether oxygens (including phenoxy) is 2. The number of hydrogen-bond acceptors (Lipinski definition) is 6. The zero-order valence-corrected chi connectivity index (χ0v) is 16.7. The highest BCUT2D eigenvalue weighted by atomic mass is 16.5. The summed E-state index contributed by atoms with van der Waals surface area (Å²) < 4.78 is 12.6. The summed E-state index contributed by atoms with van der Waals surface area (Å²) >= 11 is 0. The van der Waals surface area contributed by atoms with Crippen LogP contribution in [0.3, 0.4) is 0 Å². The molecule has 0 saturated heterocycles. The average Bonchev–Trinajstić information content (AvgIpc) is 2.78. The molecule has 0 amide bonds. The average molecular weight is 392 g/mol. The van der Waals surface area contributed by atoms with E-state index in [0.29, 0.717) is 12.2 Å². The fourth-order valence-electron chi connectivity index (χ4n) is 3.68. The number of methoxy groups -OCH3 is 2. The first kappa shape index (κ1) is 19.0. The van der Waals surface area contributed by atoms with E-state index in [2.05, 4.69) is 9.88 Å². The quantitative estimate of drug-likeness (QED) is 0.643. The van der Waals surface area contributed by atoms with Crippen LogP contribution in [0.4, 0.5) is 5.95 Å². The monoisotopic (exact) mass is 392 g/mol. The van der Waals surface area contributed by atoms with Gasteiger partial charge in [0.15, 0.2) is 0 Å². The molecule has 7 nitrogen and oxygen atoms in total. The molecule has 0 N–H and O–H groups in total. The molecule has 2 aromatic heterocycles. The largest absolute Gasteiger partial charge is 0.497 e. The van der Waals surface area contributed by atoms with Crippen molar-refractivity contribution in [3.8, 4) is 22.8 Å². The molecule has 0 unspecified atom stereocenters. The van der Waals surface area contributed by atoms with Crippen LogP contribution in [-0.4, -0.2) is 41.8 Å². The van der Waals surface area contributed by atoms with E-state index >= 15 is 0 Å². The number of nitrogens with zero attached hydrogens (tertiary/aromatic N) is 4. The minimum atomic E-state index is -0.0227. The third-order valence-corrected chi connectivity index (χ3v) is 5.20. The molecule has 3 heterocycles. The molecular weight excluding hydrogens is 368 g/mol. The first-order valence-electron chi connectivity index (χ1n) is 9.67. The Labute approximate surface area is 169 Å². The summed E-state index contributed by atoms with van der Waals surface area (Å²) in [5.41, 5.74) is 2.61. The molecule has 0 atom stereocenters. The van der Waals surface area contributed by atoms with Gasteiger partial charge in [0.05, 0.1) is 19.9 Å². The first-order valence-corrected chi connectivity index (χ1v) is 9.67. The van der Waals surface area contributed by atoms with Crippen LogP contribution in [0.2, 0.25) is 0 Å². The summed E-state index contributed by atoms with van der Waals surface area (Å²) in [4.78, 5) is 23.7. The fourth-order valence-corrected chi connectivity index (χ4v) is 3.68. The van der Waals surface area contributed by atoms with Crippen LogP contribution in [0.1, 0.15) is 12.0 Å². The van der Waals surface area contributed by atoms with Crippen LogP contribution >= 0.6 is 0 Å². The van der Waals surface area contributed by atoms with Gasteiger partial charge in [-0.2, -0.15) is 0 Å². The van der Waals surface area contributed by atoms with Gasteiger partial charge in [-0.1, -0.05) is 0 Å². The third-order valence-electron chi connectivity index (χ3n) is 5.20. The van der Waals surface area contributed by atoms with Crippen molar-refractivity contribution in [2.24, 2.45) is 0 Å². The summed E-state index contributed by atoms with van der Waals surface area (Å²) in [6.45, 7) is 2.28. The summed E-state index contributed by atoms with van der Waals surface area (Å²) in [6.07, 6.45) is 5.09. The van der Waals surface area contributed by atoms with Crippen molar-refractivity contribution in [2.75, 3.05) is 32.2 Å². The molecule has 150 valence electrons. The predicted octanol–water partition coefficient (Wildman–Crippen LogP) is 2.78. The van der Waals surface area contributed by atoms with Gasteiger partial charge in [0.25, 0.3) is 5.56 Å². The second-order valence-corrected chi connectivity index (χ2v) is 6.94. The summed E-state index contributed by atoms with van der Waals surface area (Å²) in [5, 5.41) is 0. The molecule has 3 aromatic rings. The van der Waals surface area contributed by atoms with Gasteiger partial charge >= 0.3 is 0 Å². The number of rotatable bonds is 6. The number of anilines is 1. The molecule has 0 aliphatic carbocycles. The zero-order chi connectivity index (χ0) is 20.2. The minimum absolute atomic E-state index is 0.0227. The predicted molar refractivity (Wildman–Crippen MR) is 112 cm³/mol. The lowest BCUT2D eigenvalue weighted by molar-refractivity contribution is 0.398. The molecule has 4 rings (SSSR count). The maximum atomic E-state index is 12.7. The van der Waals surface area contributed by atoms with Crippen LogP contribution in [0, 0.1) is 0 Å². The molecule has 0 radical (unpaired) electrons. The van der Waals surface area contributed by atoms with E-state index in [1.165, 1.54) is 0 Å². The number of aromatic nitrogens is 3. The Bertz CT molecular complexity index is 1050. The normalized spacial score (nSPS) is 13.1. The van der Waals surface area contributed by atoms with Crippen molar-refractivity contribution in [1.29, 1.82) is 0 Å². The molecule has 0 bridgehead atoms. The summed E-state index contributed by atoms with van der Waals surface area (Å²) in [5.74, 6) is 2.35. The lowest BCUT2D eigenvalue weighted by atomic mass is 10.1. The summed E-state index contributed by atoms with van der Waals surface area (Å²) in [7, 11) is 3.33. The molecule has 0 fully saturated rings. The Morgan fingerprint density at radius 2 is 1.86 bits per heavy atom. The number of fused-ring (bicyclic) bond motifs is 1. The molecule has 0 spiro atoms. The molecular formula is C22H24N4O3. The second kappa shape index (κ2) is 8.34. The standard InChI is InChI=1S/C22H24N4O3/c1-28-18-4-5-20(29-2)17(14-18)8-13-25-11-3-12-26-21(27)15-19(24-22(25)26)16-6-9-23-10-7-16/h4-7,9-10,14-15H,3,8,11-13H2,1-2H3. The molecule has 1 aliphatic heterocycles. The maximum absolute atomic E-state index is 12.7. The van der Waals surface area contributed by atoms with E-state index in [-0.39, 0.29) is 5.56 Å². The third kappa shape index (κ3) is 3.94. The maximum Gasteiger partial charge on any atom is 0.255 e. The van der Waals surface area contributed by atoms with Crippen LogP contribution < -0.4 is 19.9 Å². The van der Waals surface area contributed by atoms with Gasteiger partial charge in [0, 0.05) is 43.7 Å². The van der Waals surface area contributed by atoms with Crippen LogP contribution in [0.15, 0.2) is 53.6 Å².